The van der Waals surface area contributed by atoms with E-state index in [4.69, 9.17) is 22.1 Å². The number of hydrogen-bond donors (Lipinski definition) is 2. The second-order valence-corrected chi connectivity index (χ2v) is 5.41. The molecule has 2 rings (SSSR count). The van der Waals surface area contributed by atoms with Crippen LogP contribution >= 0.6 is 11.6 Å². The van der Waals surface area contributed by atoms with Crippen LogP contribution in [0.2, 0.25) is 5.02 Å². The summed E-state index contributed by atoms with van der Waals surface area (Å²) in [5.74, 6) is -0.618. The third kappa shape index (κ3) is 4.72. The van der Waals surface area contributed by atoms with Gasteiger partial charge in [-0.3, -0.25) is 9.59 Å². The molecule has 2 amide bonds. The van der Waals surface area contributed by atoms with Crippen LogP contribution in [0.1, 0.15) is 18.5 Å². The van der Waals surface area contributed by atoms with Gasteiger partial charge in [0.15, 0.2) is 6.10 Å². The molecule has 2 atom stereocenters. The fourth-order valence-electron chi connectivity index (χ4n) is 2.02. The first-order chi connectivity index (χ1) is 11.0. The van der Waals surface area contributed by atoms with Gasteiger partial charge in [-0.25, -0.2) is 0 Å². The Hall–Kier alpha value is -2.53. The highest BCUT2D eigenvalue weighted by Gasteiger charge is 2.24. The summed E-state index contributed by atoms with van der Waals surface area (Å²) in [6.07, 6.45) is -0.806. The molecule has 2 aromatic rings. The van der Waals surface area contributed by atoms with Crippen LogP contribution in [0.15, 0.2) is 54.6 Å². The summed E-state index contributed by atoms with van der Waals surface area (Å²) in [6, 6.07) is 14.6. The number of hydrogen-bond acceptors (Lipinski definition) is 3. The molecule has 0 aromatic heterocycles. The molecular weight excluding hydrogens is 316 g/mol. The monoisotopic (exact) mass is 332 g/mol. The maximum absolute atomic E-state index is 12.2. The molecule has 0 bridgehead atoms. The van der Waals surface area contributed by atoms with Crippen LogP contribution in [0.4, 0.5) is 0 Å². The van der Waals surface area contributed by atoms with Gasteiger partial charge < -0.3 is 15.8 Å². The van der Waals surface area contributed by atoms with Crippen molar-refractivity contribution >= 4 is 23.4 Å². The molecule has 3 N–H and O–H groups in total. The van der Waals surface area contributed by atoms with E-state index in [9.17, 15) is 9.59 Å². The molecule has 0 saturated carbocycles. The molecule has 0 unspecified atom stereocenters. The average Bonchev–Trinajstić information content (AvgIpc) is 2.52. The van der Waals surface area contributed by atoms with Gasteiger partial charge in [-0.05, 0) is 30.7 Å². The van der Waals surface area contributed by atoms with E-state index >= 15 is 0 Å². The van der Waals surface area contributed by atoms with Gasteiger partial charge in [0.2, 0.25) is 5.91 Å². The van der Waals surface area contributed by atoms with Crippen molar-refractivity contribution in [3.8, 4) is 5.75 Å². The molecule has 23 heavy (non-hydrogen) atoms. The molecule has 0 spiro atoms. The lowest BCUT2D eigenvalue weighted by molar-refractivity contribution is -0.131. The molecule has 5 nitrogen and oxygen atoms in total. The first-order valence-electron chi connectivity index (χ1n) is 7.04. The van der Waals surface area contributed by atoms with Crippen molar-refractivity contribution in [3.05, 3.63) is 65.2 Å². The van der Waals surface area contributed by atoms with Gasteiger partial charge in [-0.2, -0.15) is 0 Å². The van der Waals surface area contributed by atoms with Crippen molar-refractivity contribution in [3.63, 3.8) is 0 Å². The number of primary amides is 1. The number of benzene rings is 2. The molecule has 6 heteroatoms. The maximum Gasteiger partial charge on any atom is 0.261 e. The molecule has 2 aromatic carbocycles. The van der Waals surface area contributed by atoms with Gasteiger partial charge >= 0.3 is 0 Å². The summed E-state index contributed by atoms with van der Waals surface area (Å²) in [7, 11) is 0. The van der Waals surface area contributed by atoms with Crippen LogP contribution in [0, 0.1) is 0 Å². The van der Waals surface area contributed by atoms with E-state index in [1.54, 1.807) is 55.5 Å². The standard InChI is InChI=1S/C17H17ClN2O3/c1-11(23-14-9-5-8-13(18)10-14)17(22)20-15(16(19)21)12-6-3-2-4-7-12/h2-11,15H,1H3,(H2,19,21)(H,20,22)/t11-,15-/m0/s1. The van der Waals surface area contributed by atoms with Crippen LogP contribution in [-0.4, -0.2) is 17.9 Å². The summed E-state index contributed by atoms with van der Waals surface area (Å²) in [6.45, 7) is 1.58. The topological polar surface area (TPSA) is 81.4 Å². The Kier molecular flexibility index (Phi) is 5.60. The Labute approximate surface area is 139 Å². The lowest BCUT2D eigenvalue weighted by Crippen LogP contribution is -2.43. The first kappa shape index (κ1) is 16.8. The van der Waals surface area contributed by atoms with Gasteiger partial charge in [-0.15, -0.1) is 0 Å². The van der Waals surface area contributed by atoms with E-state index in [0.29, 0.717) is 16.3 Å². The summed E-state index contributed by atoms with van der Waals surface area (Å²) in [4.78, 5) is 23.9. The minimum Gasteiger partial charge on any atom is -0.481 e. The van der Waals surface area contributed by atoms with E-state index < -0.39 is 24.0 Å². The predicted octanol–water partition coefficient (Wildman–Crippen LogP) is 2.45. The SMILES string of the molecule is C[C@H](Oc1cccc(Cl)c1)C(=O)N[C@H](C(N)=O)c1ccccc1. The number of carbonyl (C=O) groups excluding carboxylic acids is 2. The third-order valence-corrected chi connectivity index (χ3v) is 3.42. The van der Waals surface area contributed by atoms with Crippen molar-refractivity contribution in [2.24, 2.45) is 5.73 Å². The highest BCUT2D eigenvalue weighted by Crippen LogP contribution is 2.19. The van der Waals surface area contributed by atoms with Gasteiger partial charge in [0.1, 0.15) is 11.8 Å². The number of nitrogens with two attached hydrogens (primary N) is 1. The molecule has 0 aliphatic carbocycles. The Morgan fingerprint density at radius 3 is 2.43 bits per heavy atom. The zero-order valence-electron chi connectivity index (χ0n) is 12.5. The molecule has 0 aliphatic rings. The van der Waals surface area contributed by atoms with Crippen molar-refractivity contribution in [2.45, 2.75) is 19.1 Å². The van der Waals surface area contributed by atoms with E-state index in [1.165, 1.54) is 0 Å². The summed E-state index contributed by atoms with van der Waals surface area (Å²) in [5, 5.41) is 3.10. The summed E-state index contributed by atoms with van der Waals surface area (Å²) < 4.78 is 5.52. The molecule has 0 aliphatic heterocycles. The minimum atomic E-state index is -0.908. The molecule has 0 radical (unpaired) electrons. The quantitative estimate of drug-likeness (QED) is 0.852. The highest BCUT2D eigenvalue weighted by molar-refractivity contribution is 6.30. The van der Waals surface area contributed by atoms with E-state index in [-0.39, 0.29) is 0 Å². The predicted molar refractivity (Wildman–Crippen MR) is 88.1 cm³/mol. The zero-order chi connectivity index (χ0) is 16.8. The summed E-state index contributed by atoms with van der Waals surface area (Å²) in [5.41, 5.74) is 5.99. The molecule has 120 valence electrons. The number of ether oxygens (including phenoxy) is 1. The largest absolute Gasteiger partial charge is 0.481 e. The van der Waals surface area contributed by atoms with Crippen LogP contribution in [-0.2, 0) is 9.59 Å². The number of amides is 2. The zero-order valence-corrected chi connectivity index (χ0v) is 13.3. The van der Waals surface area contributed by atoms with Gasteiger partial charge in [-0.1, -0.05) is 48.0 Å². The smallest absolute Gasteiger partial charge is 0.261 e. The molecule has 0 fully saturated rings. The minimum absolute atomic E-state index is 0.447. The van der Waals surface area contributed by atoms with Crippen LogP contribution in [0.3, 0.4) is 0 Å². The van der Waals surface area contributed by atoms with Crippen molar-refractivity contribution in [2.75, 3.05) is 0 Å². The second kappa shape index (κ2) is 7.65. The van der Waals surface area contributed by atoms with Crippen molar-refractivity contribution in [1.29, 1.82) is 0 Å². The number of rotatable bonds is 6. The van der Waals surface area contributed by atoms with Crippen LogP contribution in [0.25, 0.3) is 0 Å². The van der Waals surface area contributed by atoms with Crippen LogP contribution in [0.5, 0.6) is 5.75 Å². The van der Waals surface area contributed by atoms with Gasteiger partial charge in [0.25, 0.3) is 5.91 Å². The van der Waals surface area contributed by atoms with E-state index in [0.717, 1.165) is 0 Å². The number of halogens is 1. The average molecular weight is 333 g/mol. The van der Waals surface area contributed by atoms with Crippen LogP contribution < -0.4 is 15.8 Å². The fraction of sp³-hybridized carbons (Fsp3) is 0.176. The lowest BCUT2D eigenvalue weighted by atomic mass is 10.1. The lowest BCUT2D eigenvalue weighted by Gasteiger charge is -2.20. The Balaban J connectivity index is 2.05. The third-order valence-electron chi connectivity index (χ3n) is 3.18. The highest BCUT2D eigenvalue weighted by atomic mass is 35.5. The van der Waals surface area contributed by atoms with Gasteiger partial charge in [0, 0.05) is 5.02 Å². The Morgan fingerprint density at radius 2 is 1.83 bits per heavy atom. The Morgan fingerprint density at radius 1 is 1.13 bits per heavy atom. The van der Waals surface area contributed by atoms with Gasteiger partial charge in [0.05, 0.1) is 0 Å². The molecule has 0 saturated heterocycles. The maximum atomic E-state index is 12.2. The van der Waals surface area contributed by atoms with E-state index in [1.807, 2.05) is 6.07 Å². The number of nitrogens with one attached hydrogen (secondary N) is 1. The fourth-order valence-corrected chi connectivity index (χ4v) is 2.20. The van der Waals surface area contributed by atoms with Crippen molar-refractivity contribution in [1.82, 2.24) is 5.32 Å². The Bertz CT molecular complexity index is 691. The second-order valence-electron chi connectivity index (χ2n) is 4.97. The normalized spacial score (nSPS) is 13.0. The molecular formula is C17H17ClN2O3. The van der Waals surface area contributed by atoms with E-state index in [2.05, 4.69) is 5.32 Å². The van der Waals surface area contributed by atoms with Crippen molar-refractivity contribution < 1.29 is 14.3 Å². The number of carbonyl (C=O) groups is 2. The first-order valence-corrected chi connectivity index (χ1v) is 7.42. The molecule has 0 heterocycles. The summed E-state index contributed by atoms with van der Waals surface area (Å²) >= 11 is 5.87.